The Morgan fingerprint density at radius 3 is 2.67 bits per heavy atom. The fourth-order valence-corrected chi connectivity index (χ4v) is 2.75. The lowest BCUT2D eigenvalue weighted by Gasteiger charge is -2.34. The van der Waals surface area contributed by atoms with Crippen molar-refractivity contribution >= 4 is 5.91 Å². The van der Waals surface area contributed by atoms with Crippen molar-refractivity contribution in [2.45, 2.75) is 13.5 Å². The Morgan fingerprint density at radius 1 is 1.19 bits per heavy atom. The third-order valence-corrected chi connectivity index (χ3v) is 3.92. The van der Waals surface area contributed by atoms with Crippen LogP contribution in [0.3, 0.4) is 0 Å². The number of amides is 1. The molecule has 1 aliphatic heterocycles. The maximum absolute atomic E-state index is 12.2. The van der Waals surface area contributed by atoms with E-state index in [-0.39, 0.29) is 5.91 Å². The molecule has 1 aliphatic rings. The topological polar surface area (TPSA) is 36.7 Å². The van der Waals surface area contributed by atoms with Gasteiger partial charge in [0.25, 0.3) is 5.91 Å². The van der Waals surface area contributed by atoms with Crippen molar-refractivity contribution in [3.05, 3.63) is 59.5 Å². The number of rotatable bonds is 3. The van der Waals surface area contributed by atoms with Crippen molar-refractivity contribution in [3.8, 4) is 0 Å². The number of carbonyl (C=O) groups is 1. The summed E-state index contributed by atoms with van der Waals surface area (Å²) in [6.45, 7) is 6.45. The summed E-state index contributed by atoms with van der Waals surface area (Å²) >= 11 is 0. The fraction of sp³-hybridized carbons (Fsp3) is 0.353. The van der Waals surface area contributed by atoms with Crippen LogP contribution in [0.1, 0.15) is 21.5 Å². The molecule has 0 N–H and O–H groups in total. The molecule has 0 saturated carbocycles. The maximum atomic E-state index is 12.2. The van der Waals surface area contributed by atoms with Crippen LogP contribution in [0.15, 0.2) is 47.3 Å². The predicted octanol–water partition coefficient (Wildman–Crippen LogP) is 2.55. The van der Waals surface area contributed by atoms with Crippen molar-refractivity contribution in [1.82, 2.24) is 9.80 Å². The minimum Gasteiger partial charge on any atom is -0.472 e. The molecule has 1 aromatic carbocycles. The van der Waals surface area contributed by atoms with Gasteiger partial charge in [0.2, 0.25) is 0 Å². The van der Waals surface area contributed by atoms with Crippen LogP contribution in [-0.4, -0.2) is 41.9 Å². The molecule has 21 heavy (non-hydrogen) atoms. The lowest BCUT2D eigenvalue weighted by molar-refractivity contribution is 0.0628. The number of piperazine rings is 1. The molecule has 2 aromatic rings. The minimum atomic E-state index is 0.0685. The highest BCUT2D eigenvalue weighted by Gasteiger charge is 2.22. The van der Waals surface area contributed by atoms with Gasteiger partial charge in [-0.3, -0.25) is 9.69 Å². The van der Waals surface area contributed by atoms with Crippen molar-refractivity contribution < 1.29 is 9.21 Å². The van der Waals surface area contributed by atoms with Crippen LogP contribution in [-0.2, 0) is 6.54 Å². The first kappa shape index (κ1) is 13.9. The Hall–Kier alpha value is -2.07. The highest BCUT2D eigenvalue weighted by Crippen LogP contribution is 2.12. The SMILES string of the molecule is Cc1cccc(CN2CCN(C(=O)c3ccoc3)CC2)c1. The lowest BCUT2D eigenvalue weighted by atomic mass is 10.1. The number of nitrogens with zero attached hydrogens (tertiary/aromatic N) is 2. The van der Waals surface area contributed by atoms with E-state index in [0.717, 1.165) is 32.7 Å². The molecule has 1 amide bonds. The zero-order valence-electron chi connectivity index (χ0n) is 12.3. The van der Waals surface area contributed by atoms with E-state index in [2.05, 4.69) is 36.1 Å². The summed E-state index contributed by atoms with van der Waals surface area (Å²) in [6, 6.07) is 10.3. The second-order valence-corrected chi connectivity index (χ2v) is 5.57. The van der Waals surface area contributed by atoms with Gasteiger partial charge in [0.15, 0.2) is 0 Å². The number of aryl methyl sites for hydroxylation is 1. The quantitative estimate of drug-likeness (QED) is 0.869. The zero-order chi connectivity index (χ0) is 14.7. The third kappa shape index (κ3) is 3.34. The van der Waals surface area contributed by atoms with Gasteiger partial charge in [0.1, 0.15) is 6.26 Å². The summed E-state index contributed by atoms with van der Waals surface area (Å²) in [6.07, 6.45) is 3.06. The Labute approximate surface area is 125 Å². The van der Waals surface area contributed by atoms with E-state index in [1.54, 1.807) is 12.3 Å². The van der Waals surface area contributed by atoms with E-state index in [0.29, 0.717) is 5.56 Å². The Kier molecular flexibility index (Phi) is 4.06. The molecule has 1 saturated heterocycles. The first-order valence-electron chi connectivity index (χ1n) is 7.32. The molecule has 0 aliphatic carbocycles. The summed E-state index contributed by atoms with van der Waals surface area (Å²) < 4.78 is 4.98. The molecular formula is C17H20N2O2. The maximum Gasteiger partial charge on any atom is 0.257 e. The highest BCUT2D eigenvalue weighted by atomic mass is 16.3. The molecule has 0 spiro atoms. The van der Waals surface area contributed by atoms with Crippen LogP contribution in [0.25, 0.3) is 0 Å². The van der Waals surface area contributed by atoms with Crippen LogP contribution in [0.2, 0.25) is 0 Å². The fourth-order valence-electron chi connectivity index (χ4n) is 2.75. The second-order valence-electron chi connectivity index (χ2n) is 5.57. The number of carbonyl (C=O) groups excluding carboxylic acids is 1. The standard InChI is InChI=1S/C17H20N2O2/c1-14-3-2-4-15(11-14)12-18-6-8-19(9-7-18)17(20)16-5-10-21-13-16/h2-5,10-11,13H,6-9,12H2,1H3. The average Bonchev–Trinajstić information content (AvgIpc) is 3.01. The summed E-state index contributed by atoms with van der Waals surface area (Å²) in [5.74, 6) is 0.0685. The van der Waals surface area contributed by atoms with Gasteiger partial charge in [-0.15, -0.1) is 0 Å². The summed E-state index contributed by atoms with van der Waals surface area (Å²) in [5.41, 5.74) is 3.27. The van der Waals surface area contributed by atoms with Gasteiger partial charge in [-0.2, -0.15) is 0 Å². The molecule has 3 rings (SSSR count). The third-order valence-electron chi connectivity index (χ3n) is 3.92. The molecule has 4 heteroatoms. The lowest BCUT2D eigenvalue weighted by Crippen LogP contribution is -2.48. The van der Waals surface area contributed by atoms with E-state index in [4.69, 9.17) is 4.42 Å². The van der Waals surface area contributed by atoms with Gasteiger partial charge in [0.05, 0.1) is 11.8 Å². The van der Waals surface area contributed by atoms with Gasteiger partial charge in [0, 0.05) is 32.7 Å². The first-order chi connectivity index (χ1) is 10.2. The Balaban J connectivity index is 1.54. The summed E-state index contributed by atoms with van der Waals surface area (Å²) in [4.78, 5) is 16.5. The Morgan fingerprint density at radius 2 is 2.00 bits per heavy atom. The largest absolute Gasteiger partial charge is 0.472 e. The first-order valence-corrected chi connectivity index (χ1v) is 7.32. The van der Waals surface area contributed by atoms with Crippen LogP contribution < -0.4 is 0 Å². The second kappa shape index (κ2) is 6.14. The van der Waals surface area contributed by atoms with Crippen LogP contribution in [0.5, 0.6) is 0 Å². The molecule has 1 fully saturated rings. The summed E-state index contributed by atoms with van der Waals surface area (Å²) in [7, 11) is 0. The van der Waals surface area contributed by atoms with E-state index in [1.807, 2.05) is 4.90 Å². The molecule has 4 nitrogen and oxygen atoms in total. The van der Waals surface area contributed by atoms with E-state index in [9.17, 15) is 4.79 Å². The molecular weight excluding hydrogens is 264 g/mol. The molecule has 0 unspecified atom stereocenters. The van der Waals surface area contributed by atoms with Crippen LogP contribution in [0.4, 0.5) is 0 Å². The zero-order valence-corrected chi connectivity index (χ0v) is 12.3. The predicted molar refractivity (Wildman–Crippen MR) is 81.1 cm³/mol. The number of benzene rings is 1. The molecule has 0 bridgehead atoms. The van der Waals surface area contributed by atoms with Gasteiger partial charge >= 0.3 is 0 Å². The monoisotopic (exact) mass is 284 g/mol. The average molecular weight is 284 g/mol. The molecule has 2 heterocycles. The molecule has 0 atom stereocenters. The van der Waals surface area contributed by atoms with Crippen molar-refractivity contribution in [1.29, 1.82) is 0 Å². The van der Waals surface area contributed by atoms with Crippen molar-refractivity contribution in [2.75, 3.05) is 26.2 Å². The number of hydrogen-bond donors (Lipinski definition) is 0. The normalized spacial score (nSPS) is 16.1. The summed E-state index contributed by atoms with van der Waals surface area (Å²) in [5, 5.41) is 0. The van der Waals surface area contributed by atoms with E-state index in [1.165, 1.54) is 17.4 Å². The number of hydrogen-bond acceptors (Lipinski definition) is 3. The van der Waals surface area contributed by atoms with Gasteiger partial charge in [-0.1, -0.05) is 29.8 Å². The van der Waals surface area contributed by atoms with E-state index < -0.39 is 0 Å². The van der Waals surface area contributed by atoms with Crippen molar-refractivity contribution in [2.24, 2.45) is 0 Å². The minimum absolute atomic E-state index is 0.0685. The van der Waals surface area contributed by atoms with Crippen molar-refractivity contribution in [3.63, 3.8) is 0 Å². The van der Waals surface area contributed by atoms with E-state index >= 15 is 0 Å². The van der Waals surface area contributed by atoms with Gasteiger partial charge in [-0.05, 0) is 18.6 Å². The Bertz CT molecular complexity index is 599. The number of furan rings is 1. The van der Waals surface area contributed by atoms with Crippen LogP contribution in [0, 0.1) is 6.92 Å². The molecule has 0 radical (unpaired) electrons. The highest BCUT2D eigenvalue weighted by molar-refractivity contribution is 5.93. The molecule has 110 valence electrons. The van der Waals surface area contributed by atoms with Gasteiger partial charge < -0.3 is 9.32 Å². The smallest absolute Gasteiger partial charge is 0.257 e. The van der Waals surface area contributed by atoms with Gasteiger partial charge in [-0.25, -0.2) is 0 Å². The van der Waals surface area contributed by atoms with Crippen LogP contribution >= 0.6 is 0 Å². The molecule has 1 aromatic heterocycles.